The lowest BCUT2D eigenvalue weighted by atomic mass is 10.1. The quantitative estimate of drug-likeness (QED) is 0.737. The number of carbonyl (C=O) groups excluding carboxylic acids is 2. The average Bonchev–Trinajstić information content (AvgIpc) is 3.43. The van der Waals surface area contributed by atoms with Gasteiger partial charge in [-0.15, -0.1) is 0 Å². The molecule has 3 N–H and O–H groups in total. The molecule has 1 aliphatic carbocycles. The van der Waals surface area contributed by atoms with E-state index in [-0.39, 0.29) is 23.7 Å². The molecule has 2 aromatic rings. The maximum Gasteiger partial charge on any atom is 0.319 e. The fourth-order valence-electron chi connectivity index (χ4n) is 2.60. The molecule has 26 heavy (non-hydrogen) atoms. The zero-order valence-electron chi connectivity index (χ0n) is 14.6. The molecule has 136 valence electrons. The van der Waals surface area contributed by atoms with Crippen LogP contribution in [0.2, 0.25) is 0 Å². The van der Waals surface area contributed by atoms with Gasteiger partial charge >= 0.3 is 6.03 Å². The lowest BCUT2D eigenvalue weighted by molar-refractivity contribution is -0.117. The number of urea groups is 1. The summed E-state index contributed by atoms with van der Waals surface area (Å²) in [4.78, 5) is 23.9. The highest BCUT2D eigenvalue weighted by molar-refractivity contribution is 5.96. The van der Waals surface area contributed by atoms with Crippen molar-refractivity contribution in [3.63, 3.8) is 0 Å². The second kappa shape index (κ2) is 7.99. The van der Waals surface area contributed by atoms with E-state index in [4.69, 9.17) is 0 Å². The van der Waals surface area contributed by atoms with Crippen LogP contribution in [0.5, 0.6) is 0 Å². The topological polar surface area (TPSA) is 70.2 Å². The molecule has 0 saturated heterocycles. The van der Waals surface area contributed by atoms with E-state index in [1.54, 1.807) is 12.1 Å². The van der Waals surface area contributed by atoms with Crippen LogP contribution in [-0.2, 0) is 11.2 Å². The second-order valence-electron chi connectivity index (χ2n) is 6.55. The van der Waals surface area contributed by atoms with E-state index in [2.05, 4.69) is 16.0 Å². The van der Waals surface area contributed by atoms with E-state index < -0.39 is 0 Å². The number of nitrogens with one attached hydrogen (secondary N) is 3. The molecule has 3 rings (SSSR count). The van der Waals surface area contributed by atoms with Gasteiger partial charge in [-0.2, -0.15) is 0 Å². The Morgan fingerprint density at radius 2 is 1.92 bits per heavy atom. The first-order chi connectivity index (χ1) is 12.5. The lowest BCUT2D eigenvalue weighted by Crippen LogP contribution is -2.30. The SMILES string of the molecule is Cc1ccc(NC(=O)C2CC2)cc1NC(=O)NCCc1cccc(F)c1. The third-order valence-electron chi connectivity index (χ3n) is 4.29. The summed E-state index contributed by atoms with van der Waals surface area (Å²) in [5, 5.41) is 8.41. The van der Waals surface area contributed by atoms with E-state index in [1.165, 1.54) is 12.1 Å². The third kappa shape index (κ3) is 5.05. The molecule has 0 aliphatic heterocycles. The van der Waals surface area contributed by atoms with Gasteiger partial charge in [-0.3, -0.25) is 4.79 Å². The van der Waals surface area contributed by atoms with Crippen LogP contribution in [0.25, 0.3) is 0 Å². The summed E-state index contributed by atoms with van der Waals surface area (Å²) in [5.74, 6) is -0.134. The second-order valence-corrected chi connectivity index (χ2v) is 6.55. The van der Waals surface area contributed by atoms with Gasteiger partial charge in [0.1, 0.15) is 5.82 Å². The molecule has 1 fully saturated rings. The Morgan fingerprint density at radius 1 is 1.12 bits per heavy atom. The van der Waals surface area contributed by atoms with Crippen molar-refractivity contribution in [2.45, 2.75) is 26.2 Å². The number of carbonyl (C=O) groups is 2. The molecule has 3 amide bonds. The Kier molecular flexibility index (Phi) is 5.51. The molecule has 2 aromatic carbocycles. The van der Waals surface area contributed by atoms with Crippen molar-refractivity contribution in [2.75, 3.05) is 17.2 Å². The molecule has 5 nitrogen and oxygen atoms in total. The summed E-state index contributed by atoms with van der Waals surface area (Å²) in [6, 6.07) is 11.4. The smallest absolute Gasteiger partial charge is 0.319 e. The van der Waals surface area contributed by atoms with Crippen molar-refractivity contribution >= 4 is 23.3 Å². The highest BCUT2D eigenvalue weighted by Crippen LogP contribution is 2.30. The van der Waals surface area contributed by atoms with Gasteiger partial charge < -0.3 is 16.0 Å². The van der Waals surface area contributed by atoms with Crippen LogP contribution < -0.4 is 16.0 Å². The van der Waals surface area contributed by atoms with Gasteiger partial charge in [-0.1, -0.05) is 18.2 Å². The summed E-state index contributed by atoms with van der Waals surface area (Å²) < 4.78 is 13.1. The number of anilines is 2. The van der Waals surface area contributed by atoms with E-state index in [0.717, 1.165) is 24.0 Å². The van der Waals surface area contributed by atoms with Crippen LogP contribution in [0.1, 0.15) is 24.0 Å². The highest BCUT2D eigenvalue weighted by atomic mass is 19.1. The summed E-state index contributed by atoms with van der Waals surface area (Å²) in [7, 11) is 0. The number of rotatable bonds is 6. The maximum absolute atomic E-state index is 13.1. The highest BCUT2D eigenvalue weighted by Gasteiger charge is 2.29. The minimum Gasteiger partial charge on any atom is -0.338 e. The number of hydrogen-bond acceptors (Lipinski definition) is 2. The Morgan fingerprint density at radius 3 is 2.65 bits per heavy atom. The van der Waals surface area contributed by atoms with Crippen molar-refractivity contribution in [1.82, 2.24) is 5.32 Å². The zero-order chi connectivity index (χ0) is 18.5. The molecule has 0 radical (unpaired) electrons. The van der Waals surface area contributed by atoms with Crippen LogP contribution in [0.15, 0.2) is 42.5 Å². The summed E-state index contributed by atoms with van der Waals surface area (Å²) >= 11 is 0. The van der Waals surface area contributed by atoms with Crippen LogP contribution >= 0.6 is 0 Å². The standard InChI is InChI=1S/C20H22FN3O2/c1-13-5-8-17(23-19(25)15-6-7-15)12-18(13)24-20(26)22-10-9-14-3-2-4-16(21)11-14/h2-5,8,11-12,15H,6-7,9-10H2,1H3,(H,23,25)(H2,22,24,26). The van der Waals surface area contributed by atoms with E-state index in [1.807, 2.05) is 25.1 Å². The van der Waals surface area contributed by atoms with Crippen LogP contribution in [0.3, 0.4) is 0 Å². The Hall–Kier alpha value is -2.89. The molecule has 0 bridgehead atoms. The molecule has 0 heterocycles. The van der Waals surface area contributed by atoms with Crippen LogP contribution in [0.4, 0.5) is 20.6 Å². The number of benzene rings is 2. The number of aryl methyl sites for hydroxylation is 1. The molecular formula is C20H22FN3O2. The molecular weight excluding hydrogens is 333 g/mol. The van der Waals surface area contributed by atoms with E-state index in [0.29, 0.717) is 24.3 Å². The van der Waals surface area contributed by atoms with Gasteiger partial charge in [-0.05, 0) is 61.6 Å². The summed E-state index contributed by atoms with van der Waals surface area (Å²) in [5.41, 5.74) is 3.03. The molecule has 0 unspecified atom stereocenters. The van der Waals surface area contributed by atoms with Gasteiger partial charge in [0, 0.05) is 23.8 Å². The number of hydrogen-bond donors (Lipinski definition) is 3. The molecule has 1 saturated carbocycles. The maximum atomic E-state index is 13.1. The van der Waals surface area contributed by atoms with E-state index in [9.17, 15) is 14.0 Å². The van der Waals surface area contributed by atoms with Gasteiger partial charge in [0.05, 0.1) is 0 Å². The fourth-order valence-corrected chi connectivity index (χ4v) is 2.60. The largest absolute Gasteiger partial charge is 0.338 e. The Balaban J connectivity index is 1.52. The molecule has 0 atom stereocenters. The van der Waals surface area contributed by atoms with Crippen molar-refractivity contribution in [3.8, 4) is 0 Å². The first-order valence-electron chi connectivity index (χ1n) is 8.72. The Bertz CT molecular complexity index is 818. The molecule has 1 aliphatic rings. The van der Waals surface area contributed by atoms with Gasteiger partial charge in [0.2, 0.25) is 5.91 Å². The van der Waals surface area contributed by atoms with Gasteiger partial charge in [0.25, 0.3) is 0 Å². The van der Waals surface area contributed by atoms with Gasteiger partial charge in [0.15, 0.2) is 0 Å². The predicted molar refractivity (Wildman–Crippen MR) is 99.7 cm³/mol. The third-order valence-corrected chi connectivity index (χ3v) is 4.29. The molecule has 6 heteroatoms. The predicted octanol–water partition coefficient (Wildman–Crippen LogP) is 3.85. The van der Waals surface area contributed by atoms with Crippen molar-refractivity contribution in [2.24, 2.45) is 5.92 Å². The first kappa shape index (κ1) is 17.9. The van der Waals surface area contributed by atoms with E-state index >= 15 is 0 Å². The normalized spacial score (nSPS) is 13.2. The minimum absolute atomic E-state index is 0.0272. The lowest BCUT2D eigenvalue weighted by Gasteiger charge is -2.12. The first-order valence-corrected chi connectivity index (χ1v) is 8.72. The Labute approximate surface area is 152 Å². The van der Waals surface area contributed by atoms with Crippen molar-refractivity contribution in [1.29, 1.82) is 0 Å². The fraction of sp³-hybridized carbons (Fsp3) is 0.300. The molecule has 0 spiro atoms. The summed E-state index contributed by atoms with van der Waals surface area (Å²) in [6.07, 6.45) is 2.43. The van der Waals surface area contributed by atoms with Crippen molar-refractivity contribution in [3.05, 3.63) is 59.4 Å². The molecule has 0 aromatic heterocycles. The average molecular weight is 355 g/mol. The van der Waals surface area contributed by atoms with Crippen LogP contribution in [0, 0.1) is 18.7 Å². The van der Waals surface area contributed by atoms with Crippen molar-refractivity contribution < 1.29 is 14.0 Å². The minimum atomic E-state index is -0.338. The summed E-state index contributed by atoms with van der Waals surface area (Å²) in [6.45, 7) is 2.28. The zero-order valence-corrected chi connectivity index (χ0v) is 14.6. The number of amides is 3. The monoisotopic (exact) mass is 355 g/mol. The van der Waals surface area contributed by atoms with Crippen LogP contribution in [-0.4, -0.2) is 18.5 Å². The van der Waals surface area contributed by atoms with Gasteiger partial charge in [-0.25, -0.2) is 9.18 Å². The number of halogens is 1.